The lowest BCUT2D eigenvalue weighted by Gasteiger charge is -2.05. The third-order valence-electron chi connectivity index (χ3n) is 3.12. The fourth-order valence-electron chi connectivity index (χ4n) is 2.20. The van der Waals surface area contributed by atoms with Gasteiger partial charge in [-0.15, -0.1) is 0 Å². The Morgan fingerprint density at radius 2 is 2.06 bits per heavy atom. The molecule has 0 bridgehead atoms. The smallest absolute Gasteiger partial charge is 0.132 e. The van der Waals surface area contributed by atoms with Gasteiger partial charge in [0, 0.05) is 25.6 Å². The lowest BCUT2D eigenvalue weighted by molar-refractivity contribution is 0.627. The molecule has 1 N–H and O–H groups in total. The summed E-state index contributed by atoms with van der Waals surface area (Å²) in [5.41, 5.74) is 3.54. The molecule has 0 fully saturated rings. The van der Waals surface area contributed by atoms with Crippen molar-refractivity contribution in [2.75, 3.05) is 13.6 Å². The van der Waals surface area contributed by atoms with Crippen LogP contribution >= 0.6 is 0 Å². The number of hydrogen-bond acceptors (Lipinski definition) is 2. The maximum Gasteiger partial charge on any atom is 0.132 e. The van der Waals surface area contributed by atoms with Gasteiger partial charge in [0.1, 0.15) is 5.82 Å². The summed E-state index contributed by atoms with van der Waals surface area (Å²) in [5.74, 6) is -0.205. The Labute approximate surface area is 107 Å². The molecule has 4 heteroatoms. The first-order chi connectivity index (χ1) is 8.65. The fraction of sp³-hybridized carbons (Fsp3) is 0.357. The number of aromatic nitrogens is 2. The molecular weight excluding hydrogens is 229 g/mol. The molecule has 96 valence electrons. The standard InChI is InChI=1S/C14H18FN3/c1-10-13(8-9-16-2)17-18(3)14(10)11-6-4-5-7-12(11)15/h4-7,16H,8-9H2,1-3H3. The largest absolute Gasteiger partial charge is 0.319 e. The van der Waals surface area contributed by atoms with Crippen LogP contribution in [0.5, 0.6) is 0 Å². The van der Waals surface area contributed by atoms with Gasteiger partial charge >= 0.3 is 0 Å². The molecule has 0 aliphatic carbocycles. The van der Waals surface area contributed by atoms with Gasteiger partial charge in [0.25, 0.3) is 0 Å². The number of rotatable bonds is 4. The van der Waals surface area contributed by atoms with Gasteiger partial charge in [0.15, 0.2) is 0 Å². The van der Waals surface area contributed by atoms with E-state index >= 15 is 0 Å². The van der Waals surface area contributed by atoms with Gasteiger partial charge in [-0.3, -0.25) is 4.68 Å². The van der Waals surface area contributed by atoms with Crippen LogP contribution < -0.4 is 5.32 Å². The second-order valence-corrected chi connectivity index (χ2v) is 4.38. The summed E-state index contributed by atoms with van der Waals surface area (Å²) in [6, 6.07) is 6.82. The van der Waals surface area contributed by atoms with Gasteiger partial charge in [-0.1, -0.05) is 12.1 Å². The van der Waals surface area contributed by atoms with E-state index in [0.717, 1.165) is 29.9 Å². The van der Waals surface area contributed by atoms with Gasteiger partial charge < -0.3 is 5.32 Å². The van der Waals surface area contributed by atoms with Gasteiger partial charge in [-0.05, 0) is 31.7 Å². The topological polar surface area (TPSA) is 29.9 Å². The van der Waals surface area contributed by atoms with Crippen molar-refractivity contribution in [2.45, 2.75) is 13.3 Å². The van der Waals surface area contributed by atoms with Crippen LogP contribution in [0.3, 0.4) is 0 Å². The molecule has 1 aromatic carbocycles. The molecule has 0 unspecified atom stereocenters. The summed E-state index contributed by atoms with van der Waals surface area (Å²) < 4.78 is 15.6. The van der Waals surface area contributed by atoms with Crippen molar-refractivity contribution in [3.8, 4) is 11.3 Å². The van der Waals surface area contributed by atoms with Crippen molar-refractivity contribution < 1.29 is 4.39 Å². The third kappa shape index (κ3) is 2.29. The highest BCUT2D eigenvalue weighted by atomic mass is 19.1. The molecule has 1 aromatic heterocycles. The predicted molar refractivity (Wildman–Crippen MR) is 71.0 cm³/mol. The van der Waals surface area contributed by atoms with E-state index in [1.807, 2.05) is 27.1 Å². The van der Waals surface area contributed by atoms with Crippen LogP contribution in [-0.4, -0.2) is 23.4 Å². The fourth-order valence-corrected chi connectivity index (χ4v) is 2.20. The molecule has 0 aliphatic rings. The first-order valence-electron chi connectivity index (χ1n) is 6.07. The van der Waals surface area contributed by atoms with Crippen LogP contribution in [-0.2, 0) is 13.5 Å². The molecule has 0 amide bonds. The molecule has 2 rings (SSSR count). The van der Waals surface area contributed by atoms with E-state index in [2.05, 4.69) is 10.4 Å². The van der Waals surface area contributed by atoms with Crippen molar-refractivity contribution in [3.05, 3.63) is 41.3 Å². The van der Waals surface area contributed by atoms with Gasteiger partial charge in [-0.2, -0.15) is 5.10 Å². The Bertz CT molecular complexity index is 546. The molecular formula is C14H18FN3. The van der Waals surface area contributed by atoms with Crippen molar-refractivity contribution >= 4 is 0 Å². The van der Waals surface area contributed by atoms with Gasteiger partial charge in [0.2, 0.25) is 0 Å². The van der Waals surface area contributed by atoms with Gasteiger partial charge in [-0.25, -0.2) is 4.39 Å². The normalized spacial score (nSPS) is 10.9. The second-order valence-electron chi connectivity index (χ2n) is 4.38. The molecule has 0 spiro atoms. The van der Waals surface area contributed by atoms with E-state index < -0.39 is 0 Å². The molecule has 0 saturated carbocycles. The summed E-state index contributed by atoms with van der Waals surface area (Å²) in [7, 11) is 3.77. The molecule has 18 heavy (non-hydrogen) atoms. The van der Waals surface area contributed by atoms with Crippen LogP contribution in [0.4, 0.5) is 4.39 Å². The van der Waals surface area contributed by atoms with E-state index in [-0.39, 0.29) is 5.82 Å². The first-order valence-corrected chi connectivity index (χ1v) is 6.07. The van der Waals surface area contributed by atoms with Crippen molar-refractivity contribution in [3.63, 3.8) is 0 Å². The first kappa shape index (κ1) is 12.8. The van der Waals surface area contributed by atoms with Crippen LogP contribution in [0.25, 0.3) is 11.3 Å². The number of halogens is 1. The average Bonchev–Trinajstić information content (AvgIpc) is 2.63. The SMILES string of the molecule is CNCCc1nn(C)c(-c2ccccc2F)c1C. The Kier molecular flexibility index (Phi) is 3.77. The van der Waals surface area contributed by atoms with E-state index in [4.69, 9.17) is 0 Å². The van der Waals surface area contributed by atoms with Crippen LogP contribution in [0.15, 0.2) is 24.3 Å². The number of likely N-dealkylation sites (N-methyl/N-ethyl adjacent to an activating group) is 1. The Balaban J connectivity index is 2.46. The van der Waals surface area contributed by atoms with Crippen molar-refractivity contribution in [1.29, 1.82) is 0 Å². The summed E-state index contributed by atoms with van der Waals surface area (Å²) in [6.45, 7) is 2.87. The predicted octanol–water partition coefficient (Wildman–Crippen LogP) is 2.30. The molecule has 3 nitrogen and oxygen atoms in total. The van der Waals surface area contributed by atoms with Gasteiger partial charge in [0.05, 0.1) is 11.4 Å². The Morgan fingerprint density at radius 1 is 1.33 bits per heavy atom. The molecule has 2 aromatic rings. The van der Waals surface area contributed by atoms with Crippen LogP contribution in [0.2, 0.25) is 0 Å². The summed E-state index contributed by atoms with van der Waals surface area (Å²) >= 11 is 0. The minimum Gasteiger partial charge on any atom is -0.319 e. The summed E-state index contributed by atoms with van der Waals surface area (Å²) in [5, 5.41) is 7.58. The number of benzene rings is 1. The van der Waals surface area contributed by atoms with E-state index in [0.29, 0.717) is 5.56 Å². The van der Waals surface area contributed by atoms with E-state index in [1.165, 1.54) is 6.07 Å². The zero-order chi connectivity index (χ0) is 13.1. The summed E-state index contributed by atoms with van der Waals surface area (Å²) in [4.78, 5) is 0. The molecule has 0 saturated heterocycles. The van der Waals surface area contributed by atoms with E-state index in [9.17, 15) is 4.39 Å². The van der Waals surface area contributed by atoms with Crippen molar-refractivity contribution in [1.82, 2.24) is 15.1 Å². The van der Waals surface area contributed by atoms with Crippen LogP contribution in [0.1, 0.15) is 11.3 Å². The highest BCUT2D eigenvalue weighted by Crippen LogP contribution is 2.27. The summed E-state index contributed by atoms with van der Waals surface area (Å²) in [6.07, 6.45) is 0.852. The van der Waals surface area contributed by atoms with Crippen LogP contribution in [0, 0.1) is 12.7 Å². The van der Waals surface area contributed by atoms with Crippen molar-refractivity contribution in [2.24, 2.45) is 7.05 Å². The monoisotopic (exact) mass is 247 g/mol. The molecule has 1 heterocycles. The average molecular weight is 247 g/mol. The highest BCUT2D eigenvalue weighted by Gasteiger charge is 2.16. The second kappa shape index (κ2) is 5.31. The minimum absolute atomic E-state index is 0.205. The minimum atomic E-state index is -0.205. The number of aryl methyl sites for hydroxylation is 1. The Morgan fingerprint density at radius 3 is 2.72 bits per heavy atom. The number of nitrogens with zero attached hydrogens (tertiary/aromatic N) is 2. The lowest BCUT2D eigenvalue weighted by Crippen LogP contribution is -2.11. The van der Waals surface area contributed by atoms with E-state index in [1.54, 1.807) is 16.8 Å². The Hall–Kier alpha value is -1.68. The zero-order valence-electron chi connectivity index (χ0n) is 11.0. The number of nitrogens with one attached hydrogen (secondary N) is 1. The zero-order valence-corrected chi connectivity index (χ0v) is 11.0. The molecule has 0 atom stereocenters. The highest BCUT2D eigenvalue weighted by molar-refractivity contribution is 5.65. The quantitative estimate of drug-likeness (QED) is 0.898. The molecule has 0 radical (unpaired) electrons. The lowest BCUT2D eigenvalue weighted by atomic mass is 10.1. The number of hydrogen-bond donors (Lipinski definition) is 1. The third-order valence-corrected chi connectivity index (χ3v) is 3.12. The maximum atomic E-state index is 13.8. The maximum absolute atomic E-state index is 13.8. The molecule has 0 aliphatic heterocycles.